The number of phenolic OH excluding ortho intramolecular Hbond substituents is 1. The van der Waals surface area contributed by atoms with Crippen LogP contribution in [0.25, 0.3) is 66.6 Å². The molecule has 7 aromatic rings. The van der Waals surface area contributed by atoms with Crippen molar-refractivity contribution in [3.8, 4) is 39.5 Å². The Bertz CT molecular complexity index is 2020. The van der Waals surface area contributed by atoms with E-state index >= 15 is 0 Å². The van der Waals surface area contributed by atoms with Crippen LogP contribution >= 0.6 is 0 Å². The molecule has 0 bridgehead atoms. The van der Waals surface area contributed by atoms with Gasteiger partial charge in [0.05, 0.1) is 16.7 Å². The van der Waals surface area contributed by atoms with Crippen molar-refractivity contribution in [2.24, 2.45) is 7.05 Å². The molecule has 0 aliphatic rings. The first kappa shape index (κ1) is 25.1. The first-order valence-electron chi connectivity index (χ1n) is 12.7. The molecule has 0 amide bonds. The maximum Gasteiger partial charge on any atom is 0.141 e. The molecule has 0 unspecified atom stereocenters. The van der Waals surface area contributed by atoms with Crippen LogP contribution in [0.1, 0.15) is 11.1 Å². The number of aromatic hydroxyl groups is 1. The number of pyridine rings is 1. The van der Waals surface area contributed by atoms with Crippen LogP contribution in [0.3, 0.4) is 0 Å². The summed E-state index contributed by atoms with van der Waals surface area (Å²) >= 11 is 0. The second kappa shape index (κ2) is 9.51. The normalized spacial score (nSPS) is 11.4. The predicted molar refractivity (Wildman–Crippen MR) is 154 cm³/mol. The Balaban J connectivity index is 0.00000277. The van der Waals surface area contributed by atoms with Gasteiger partial charge in [-0.2, -0.15) is 6.20 Å². The molecule has 194 valence electrons. The van der Waals surface area contributed by atoms with Gasteiger partial charge in [0.25, 0.3) is 0 Å². The number of fused-ring (bicyclic) bond motifs is 3. The van der Waals surface area contributed by atoms with Crippen molar-refractivity contribution in [2.75, 3.05) is 0 Å². The molecule has 0 radical (unpaired) electrons. The fraction of sp³-hybridized carbons (Fsp3) is 0.0909. The Morgan fingerprint density at radius 3 is 2.31 bits per heavy atom. The molecule has 4 aromatic carbocycles. The van der Waals surface area contributed by atoms with Gasteiger partial charge in [-0.05, 0) is 48.6 Å². The summed E-state index contributed by atoms with van der Waals surface area (Å²) in [6, 6.07) is 28.6. The van der Waals surface area contributed by atoms with E-state index in [0.717, 1.165) is 61.1 Å². The van der Waals surface area contributed by atoms with Crippen LogP contribution in [-0.4, -0.2) is 19.6 Å². The summed E-state index contributed by atoms with van der Waals surface area (Å²) in [4.78, 5) is 14.7. The zero-order valence-electron chi connectivity index (χ0n) is 21.7. The molecule has 39 heavy (non-hydrogen) atoms. The standard InChI is InChI=1S/C33H25N4O.Pt/c1-19-15-20(2)17-22(16-19)26-18-27(35-32-23(26)8-6-12-29(32)38)24-9-5-11-28-31(24)36-33(37(28)3)25-10-4-7-21-13-14-34-30(21)25;/h4-18H,1-3H3,(H-,34,35,36,38);/q-1;. The molecule has 0 aliphatic carbocycles. The Hall–Kier alpha value is -4.21. The summed E-state index contributed by atoms with van der Waals surface area (Å²) in [6.45, 7) is 4.22. The van der Waals surface area contributed by atoms with Gasteiger partial charge >= 0.3 is 0 Å². The molecular weight excluding hydrogens is 663 g/mol. The van der Waals surface area contributed by atoms with E-state index in [1.807, 2.05) is 43.6 Å². The van der Waals surface area contributed by atoms with Gasteiger partial charge < -0.3 is 14.7 Å². The van der Waals surface area contributed by atoms with E-state index in [-0.39, 0.29) is 26.8 Å². The van der Waals surface area contributed by atoms with Crippen molar-refractivity contribution in [1.82, 2.24) is 19.5 Å². The number of aryl methyl sites for hydroxylation is 3. The van der Waals surface area contributed by atoms with Crippen LogP contribution in [0.5, 0.6) is 5.75 Å². The van der Waals surface area contributed by atoms with Crippen molar-refractivity contribution in [2.45, 2.75) is 13.8 Å². The molecule has 0 saturated heterocycles. The van der Waals surface area contributed by atoms with Crippen molar-refractivity contribution in [1.29, 1.82) is 0 Å². The van der Waals surface area contributed by atoms with Crippen LogP contribution < -0.4 is 4.98 Å². The molecular formula is C33H25N4OPt-. The molecule has 6 heteroatoms. The van der Waals surface area contributed by atoms with Gasteiger partial charge in [-0.25, -0.2) is 9.97 Å². The molecule has 5 nitrogen and oxygen atoms in total. The predicted octanol–water partition coefficient (Wildman–Crippen LogP) is 7.55. The zero-order valence-corrected chi connectivity index (χ0v) is 24.0. The summed E-state index contributed by atoms with van der Waals surface area (Å²) in [6.07, 6.45) is 1.84. The third-order valence-corrected chi connectivity index (χ3v) is 7.30. The number of imidazole rings is 1. The van der Waals surface area contributed by atoms with E-state index in [1.165, 1.54) is 11.1 Å². The third kappa shape index (κ3) is 4.05. The average molecular weight is 689 g/mol. The topological polar surface area (TPSA) is 65.0 Å². The fourth-order valence-electron chi connectivity index (χ4n) is 5.61. The van der Waals surface area contributed by atoms with Crippen molar-refractivity contribution in [3.05, 3.63) is 102 Å². The molecule has 0 aliphatic heterocycles. The third-order valence-electron chi connectivity index (χ3n) is 7.30. The first-order valence-corrected chi connectivity index (χ1v) is 12.7. The number of rotatable bonds is 3. The van der Waals surface area contributed by atoms with Gasteiger partial charge in [0, 0.05) is 44.6 Å². The van der Waals surface area contributed by atoms with Gasteiger partial charge in [0.1, 0.15) is 17.1 Å². The van der Waals surface area contributed by atoms with E-state index in [1.54, 1.807) is 6.07 Å². The monoisotopic (exact) mass is 688 g/mol. The number of nitrogens with zero attached hydrogens (tertiary/aromatic N) is 4. The molecule has 0 fully saturated rings. The number of benzene rings is 4. The maximum atomic E-state index is 10.8. The van der Waals surface area contributed by atoms with Gasteiger partial charge in [0.15, 0.2) is 0 Å². The van der Waals surface area contributed by atoms with Gasteiger partial charge in [0.2, 0.25) is 0 Å². The number of hydrogen-bond donors (Lipinski definition) is 1. The number of phenols is 1. The van der Waals surface area contributed by atoms with E-state index in [4.69, 9.17) is 9.97 Å². The van der Waals surface area contributed by atoms with Gasteiger partial charge in [-0.1, -0.05) is 77.9 Å². The van der Waals surface area contributed by atoms with Crippen molar-refractivity contribution >= 4 is 32.8 Å². The molecule has 0 saturated carbocycles. The molecule has 3 heterocycles. The van der Waals surface area contributed by atoms with Gasteiger partial charge in [-0.15, -0.1) is 5.52 Å². The Labute approximate surface area is 240 Å². The first-order chi connectivity index (χ1) is 18.5. The van der Waals surface area contributed by atoms with E-state index in [9.17, 15) is 5.11 Å². The number of para-hydroxylation sites is 3. The van der Waals surface area contributed by atoms with Crippen molar-refractivity contribution < 1.29 is 26.2 Å². The second-order valence-electron chi connectivity index (χ2n) is 9.96. The van der Waals surface area contributed by atoms with Crippen LogP contribution in [0.2, 0.25) is 0 Å². The minimum absolute atomic E-state index is 0. The largest absolute Gasteiger partial charge is 0.663 e. The molecule has 1 N–H and O–H groups in total. The average Bonchev–Trinajstić information content (AvgIpc) is 3.52. The molecule has 0 atom stereocenters. The van der Waals surface area contributed by atoms with Crippen LogP contribution in [0.15, 0.2) is 91.1 Å². The smallest absolute Gasteiger partial charge is 0.141 e. The van der Waals surface area contributed by atoms with Crippen LogP contribution in [-0.2, 0) is 28.1 Å². The van der Waals surface area contributed by atoms with E-state index in [2.05, 4.69) is 71.9 Å². The summed E-state index contributed by atoms with van der Waals surface area (Å²) in [7, 11) is 2.04. The quantitative estimate of drug-likeness (QED) is 0.208. The second-order valence-corrected chi connectivity index (χ2v) is 9.96. The Kier molecular flexibility index (Phi) is 6.12. The Morgan fingerprint density at radius 1 is 0.744 bits per heavy atom. The molecule has 3 aromatic heterocycles. The number of hydrogen-bond acceptors (Lipinski definition) is 3. The summed E-state index contributed by atoms with van der Waals surface area (Å²) in [5.41, 5.74) is 10.6. The summed E-state index contributed by atoms with van der Waals surface area (Å²) in [5, 5.41) is 12.8. The minimum atomic E-state index is 0. The fourth-order valence-corrected chi connectivity index (χ4v) is 5.61. The molecule has 0 spiro atoms. The molecule has 7 rings (SSSR count). The van der Waals surface area contributed by atoms with Crippen molar-refractivity contribution in [3.63, 3.8) is 0 Å². The SMILES string of the molecule is Cc1cc(C)cc(-c2cc(-c3cccc4c3nc(-c3cccc5cc[n-]c35)n4C)nc3c(O)cccc23)c1.[Pt]. The summed E-state index contributed by atoms with van der Waals surface area (Å²) < 4.78 is 2.12. The van der Waals surface area contributed by atoms with Crippen LogP contribution in [0.4, 0.5) is 0 Å². The van der Waals surface area contributed by atoms with E-state index in [0.29, 0.717) is 5.52 Å². The zero-order chi connectivity index (χ0) is 26.0. The van der Waals surface area contributed by atoms with Crippen LogP contribution in [0, 0.1) is 13.8 Å². The van der Waals surface area contributed by atoms with Gasteiger partial charge in [-0.3, -0.25) is 0 Å². The number of aromatic nitrogens is 4. The summed E-state index contributed by atoms with van der Waals surface area (Å²) in [5.74, 6) is 1.02. The van der Waals surface area contributed by atoms with E-state index < -0.39 is 0 Å². The maximum absolute atomic E-state index is 10.8. The Morgan fingerprint density at radius 2 is 1.49 bits per heavy atom. The minimum Gasteiger partial charge on any atom is -0.663 e.